The molecular formula is C13H23NO. The van der Waals surface area contributed by atoms with E-state index >= 15 is 0 Å². The van der Waals surface area contributed by atoms with Gasteiger partial charge in [-0.05, 0) is 69.9 Å². The van der Waals surface area contributed by atoms with Gasteiger partial charge in [0.25, 0.3) is 0 Å². The van der Waals surface area contributed by atoms with Gasteiger partial charge in [-0.15, -0.1) is 0 Å². The number of aliphatic hydroxyl groups is 1. The summed E-state index contributed by atoms with van der Waals surface area (Å²) in [5.74, 6) is 1.80. The van der Waals surface area contributed by atoms with E-state index in [4.69, 9.17) is 0 Å². The molecule has 2 rings (SSSR count). The Hall–Kier alpha value is -0.370. The Kier molecular flexibility index (Phi) is 3.79. The molecule has 0 amide bonds. The fourth-order valence-electron chi connectivity index (χ4n) is 3.33. The van der Waals surface area contributed by atoms with Crippen LogP contribution in [0.4, 0.5) is 0 Å². The van der Waals surface area contributed by atoms with Crippen LogP contribution in [-0.2, 0) is 0 Å². The highest BCUT2D eigenvalue weighted by Gasteiger charge is 2.29. The molecule has 86 valence electrons. The Morgan fingerprint density at radius 2 is 1.27 bits per heavy atom. The summed E-state index contributed by atoms with van der Waals surface area (Å²) in [5.41, 5.74) is 0. The second-order valence-electron chi connectivity index (χ2n) is 5.32. The lowest BCUT2D eigenvalue weighted by Gasteiger charge is -2.35. The van der Waals surface area contributed by atoms with Gasteiger partial charge in [0.15, 0.2) is 0 Å². The molecule has 2 aliphatic carbocycles. The van der Waals surface area contributed by atoms with Crippen LogP contribution in [0.15, 0.2) is 4.99 Å². The maximum atomic E-state index is 9.48. The van der Waals surface area contributed by atoms with Crippen LogP contribution in [0, 0.1) is 11.8 Å². The third kappa shape index (κ3) is 2.81. The smallest absolute Gasteiger partial charge is 0.0540 e. The van der Waals surface area contributed by atoms with Gasteiger partial charge in [0.05, 0.1) is 6.10 Å². The van der Waals surface area contributed by atoms with E-state index in [1.54, 1.807) is 0 Å². The van der Waals surface area contributed by atoms with Crippen molar-refractivity contribution in [3.63, 3.8) is 0 Å². The van der Waals surface area contributed by atoms with Crippen LogP contribution in [-0.4, -0.2) is 24.0 Å². The summed E-state index contributed by atoms with van der Waals surface area (Å²) in [6.07, 6.45) is 9.72. The van der Waals surface area contributed by atoms with Gasteiger partial charge in [-0.25, -0.2) is 0 Å². The first-order chi connectivity index (χ1) is 7.29. The van der Waals surface area contributed by atoms with Crippen molar-refractivity contribution in [1.29, 1.82) is 0 Å². The second-order valence-corrected chi connectivity index (χ2v) is 5.32. The van der Waals surface area contributed by atoms with Crippen LogP contribution in [0.2, 0.25) is 0 Å². The summed E-state index contributed by atoms with van der Waals surface area (Å²) in [7, 11) is 0. The van der Waals surface area contributed by atoms with E-state index in [0.717, 1.165) is 24.7 Å². The first kappa shape index (κ1) is 11.1. The van der Waals surface area contributed by atoms with Crippen molar-refractivity contribution in [2.24, 2.45) is 16.8 Å². The lowest BCUT2D eigenvalue weighted by atomic mass is 9.72. The van der Waals surface area contributed by atoms with E-state index < -0.39 is 0 Å². The summed E-state index contributed by atoms with van der Waals surface area (Å²) < 4.78 is 0. The molecule has 0 aromatic carbocycles. The largest absolute Gasteiger partial charge is 0.393 e. The lowest BCUT2D eigenvalue weighted by molar-refractivity contribution is 0.0808. The van der Waals surface area contributed by atoms with Crippen molar-refractivity contribution in [3.05, 3.63) is 0 Å². The summed E-state index contributed by atoms with van der Waals surface area (Å²) in [6, 6.07) is 0.537. The van der Waals surface area contributed by atoms with Crippen LogP contribution in [0.1, 0.15) is 51.4 Å². The highest BCUT2D eigenvalue weighted by Crippen LogP contribution is 2.38. The van der Waals surface area contributed by atoms with Gasteiger partial charge < -0.3 is 5.11 Å². The second kappa shape index (κ2) is 5.11. The van der Waals surface area contributed by atoms with Gasteiger partial charge in [0, 0.05) is 6.04 Å². The molecular weight excluding hydrogens is 186 g/mol. The van der Waals surface area contributed by atoms with Crippen LogP contribution in [0.25, 0.3) is 0 Å². The molecule has 2 fully saturated rings. The Labute approximate surface area is 92.8 Å². The zero-order valence-electron chi connectivity index (χ0n) is 9.57. The molecule has 0 radical (unpaired) electrons. The number of hydrogen-bond acceptors (Lipinski definition) is 2. The number of aliphatic hydroxyl groups excluding tert-OH is 1. The first-order valence-corrected chi connectivity index (χ1v) is 6.43. The normalized spacial score (nSPS) is 42.5. The first-order valence-electron chi connectivity index (χ1n) is 6.43. The quantitative estimate of drug-likeness (QED) is 0.697. The number of nitrogens with zero attached hydrogens (tertiary/aromatic N) is 1. The Morgan fingerprint density at radius 3 is 1.73 bits per heavy atom. The van der Waals surface area contributed by atoms with E-state index in [0.29, 0.717) is 6.04 Å². The highest BCUT2D eigenvalue weighted by atomic mass is 16.3. The zero-order valence-corrected chi connectivity index (χ0v) is 9.57. The van der Waals surface area contributed by atoms with E-state index in [9.17, 15) is 5.11 Å². The topological polar surface area (TPSA) is 32.6 Å². The monoisotopic (exact) mass is 209 g/mol. The van der Waals surface area contributed by atoms with Crippen molar-refractivity contribution < 1.29 is 5.11 Å². The molecule has 2 heteroatoms. The zero-order chi connectivity index (χ0) is 10.7. The molecule has 0 spiro atoms. The van der Waals surface area contributed by atoms with Gasteiger partial charge in [0.1, 0.15) is 0 Å². The van der Waals surface area contributed by atoms with Crippen molar-refractivity contribution >= 4 is 6.72 Å². The molecule has 2 nitrogen and oxygen atoms in total. The van der Waals surface area contributed by atoms with E-state index in [1.165, 1.54) is 38.5 Å². The predicted molar refractivity (Wildman–Crippen MR) is 63.3 cm³/mol. The summed E-state index contributed by atoms with van der Waals surface area (Å²) in [5, 5.41) is 9.48. The Morgan fingerprint density at radius 1 is 0.800 bits per heavy atom. The summed E-state index contributed by atoms with van der Waals surface area (Å²) >= 11 is 0. The van der Waals surface area contributed by atoms with E-state index in [2.05, 4.69) is 11.7 Å². The minimum Gasteiger partial charge on any atom is -0.393 e. The van der Waals surface area contributed by atoms with Crippen molar-refractivity contribution in [3.8, 4) is 0 Å². The Balaban J connectivity index is 1.78. The van der Waals surface area contributed by atoms with Gasteiger partial charge in [-0.2, -0.15) is 0 Å². The minimum atomic E-state index is -0.00701. The highest BCUT2D eigenvalue weighted by molar-refractivity contribution is 5.24. The van der Waals surface area contributed by atoms with Crippen LogP contribution in [0.5, 0.6) is 0 Å². The molecule has 0 aromatic heterocycles. The number of aliphatic imine (C=N–C) groups is 1. The molecule has 0 saturated heterocycles. The standard InChI is InChI=1S/C13H23NO/c1-14-12-6-2-10(3-7-12)11-4-8-13(15)9-5-11/h10-13,15H,1-9H2/t10?,11-,12?,13-. The summed E-state index contributed by atoms with van der Waals surface area (Å²) in [6.45, 7) is 3.65. The third-order valence-electron chi connectivity index (χ3n) is 4.41. The molecule has 0 unspecified atom stereocenters. The molecule has 0 heterocycles. The minimum absolute atomic E-state index is 0.00701. The third-order valence-corrected chi connectivity index (χ3v) is 4.41. The van der Waals surface area contributed by atoms with Gasteiger partial charge >= 0.3 is 0 Å². The summed E-state index contributed by atoms with van der Waals surface area (Å²) in [4.78, 5) is 4.15. The number of rotatable bonds is 2. The molecule has 1 N–H and O–H groups in total. The van der Waals surface area contributed by atoms with E-state index in [1.807, 2.05) is 0 Å². The average Bonchev–Trinajstić information content (AvgIpc) is 2.30. The molecule has 0 aliphatic heterocycles. The maximum absolute atomic E-state index is 9.48. The lowest BCUT2D eigenvalue weighted by Crippen LogP contribution is -2.28. The van der Waals surface area contributed by atoms with Gasteiger partial charge in [0.2, 0.25) is 0 Å². The predicted octanol–water partition coefficient (Wildman–Crippen LogP) is 2.80. The fourth-order valence-corrected chi connectivity index (χ4v) is 3.33. The molecule has 2 aliphatic rings. The SMILES string of the molecule is C=NC1CCC([C@H]2CC[C@H](O)CC2)CC1. The molecule has 2 saturated carbocycles. The molecule has 15 heavy (non-hydrogen) atoms. The molecule has 0 aromatic rings. The van der Waals surface area contributed by atoms with Gasteiger partial charge in [-0.1, -0.05) is 0 Å². The van der Waals surface area contributed by atoms with Crippen molar-refractivity contribution in [2.45, 2.75) is 63.5 Å². The van der Waals surface area contributed by atoms with Crippen molar-refractivity contribution in [1.82, 2.24) is 0 Å². The van der Waals surface area contributed by atoms with Crippen LogP contribution in [0.3, 0.4) is 0 Å². The average molecular weight is 209 g/mol. The van der Waals surface area contributed by atoms with Crippen molar-refractivity contribution in [2.75, 3.05) is 0 Å². The fraction of sp³-hybridized carbons (Fsp3) is 0.923. The van der Waals surface area contributed by atoms with E-state index in [-0.39, 0.29) is 6.10 Å². The Bertz CT molecular complexity index is 201. The maximum Gasteiger partial charge on any atom is 0.0540 e. The van der Waals surface area contributed by atoms with Crippen LogP contribution >= 0.6 is 0 Å². The number of hydrogen-bond donors (Lipinski definition) is 1. The van der Waals surface area contributed by atoms with Gasteiger partial charge in [-0.3, -0.25) is 4.99 Å². The molecule has 0 atom stereocenters. The van der Waals surface area contributed by atoms with Crippen LogP contribution < -0.4 is 0 Å². The molecule has 0 bridgehead atoms.